The van der Waals surface area contributed by atoms with E-state index in [1.165, 1.54) is 0 Å². The largest absolute Gasteiger partial charge is 0.484 e. The molecule has 1 aromatic heterocycles. The molecule has 0 unspecified atom stereocenters. The topological polar surface area (TPSA) is 65.2 Å². The molecule has 0 radical (unpaired) electrons. The summed E-state index contributed by atoms with van der Waals surface area (Å²) in [6.07, 6.45) is 0. The van der Waals surface area contributed by atoms with Crippen LogP contribution in [0, 0.1) is 0 Å². The van der Waals surface area contributed by atoms with Gasteiger partial charge in [-0.2, -0.15) is 0 Å². The first-order chi connectivity index (χ1) is 8.69. The van der Waals surface area contributed by atoms with Crippen molar-refractivity contribution in [1.82, 2.24) is 4.98 Å². The molecule has 1 aromatic carbocycles. The number of thiazole rings is 1. The van der Waals surface area contributed by atoms with Crippen LogP contribution in [0.25, 0.3) is 10.6 Å². The summed E-state index contributed by atoms with van der Waals surface area (Å²) in [5.74, 6) is 0.522. The van der Waals surface area contributed by atoms with Crippen molar-refractivity contribution in [3.63, 3.8) is 0 Å². The van der Waals surface area contributed by atoms with Crippen LogP contribution in [0.15, 0.2) is 29.6 Å². The number of primary amides is 1. The first kappa shape index (κ1) is 12.9. The van der Waals surface area contributed by atoms with Crippen molar-refractivity contribution < 1.29 is 9.53 Å². The van der Waals surface area contributed by atoms with E-state index in [9.17, 15) is 4.79 Å². The number of alkyl halides is 1. The van der Waals surface area contributed by atoms with Gasteiger partial charge < -0.3 is 10.5 Å². The molecule has 0 atom stereocenters. The van der Waals surface area contributed by atoms with Crippen molar-refractivity contribution in [2.45, 2.75) is 5.88 Å². The van der Waals surface area contributed by atoms with Gasteiger partial charge in [0.2, 0.25) is 0 Å². The van der Waals surface area contributed by atoms with Crippen LogP contribution in [0.4, 0.5) is 0 Å². The zero-order valence-electron chi connectivity index (χ0n) is 9.43. The highest BCUT2D eigenvalue weighted by atomic mass is 35.5. The van der Waals surface area contributed by atoms with Gasteiger partial charge in [-0.05, 0) is 24.3 Å². The molecule has 6 heteroatoms. The summed E-state index contributed by atoms with van der Waals surface area (Å²) in [6.45, 7) is -0.118. The number of rotatable bonds is 5. The number of amides is 1. The summed E-state index contributed by atoms with van der Waals surface area (Å²) in [5, 5.41) is 2.84. The third kappa shape index (κ3) is 3.21. The fourth-order valence-electron chi connectivity index (χ4n) is 1.35. The maximum atomic E-state index is 10.6. The summed E-state index contributed by atoms with van der Waals surface area (Å²) in [4.78, 5) is 14.9. The van der Waals surface area contributed by atoms with Crippen LogP contribution in [0.1, 0.15) is 5.69 Å². The van der Waals surface area contributed by atoms with Crippen molar-refractivity contribution in [1.29, 1.82) is 0 Å². The molecule has 0 saturated heterocycles. The van der Waals surface area contributed by atoms with Gasteiger partial charge in [0.1, 0.15) is 10.8 Å². The Bertz CT molecular complexity index is 539. The Hall–Kier alpha value is -1.59. The zero-order chi connectivity index (χ0) is 13.0. The van der Waals surface area contributed by atoms with Crippen LogP contribution < -0.4 is 10.5 Å². The SMILES string of the molecule is NC(=O)COc1ccc(-c2nc(CCl)cs2)cc1. The number of halogens is 1. The monoisotopic (exact) mass is 282 g/mol. The molecular formula is C12H11ClN2O2S. The normalized spacial score (nSPS) is 10.3. The lowest BCUT2D eigenvalue weighted by atomic mass is 10.2. The minimum atomic E-state index is -0.495. The van der Waals surface area contributed by atoms with Gasteiger partial charge in [-0.25, -0.2) is 4.98 Å². The summed E-state index contributed by atoms with van der Waals surface area (Å²) in [5.41, 5.74) is 6.85. The van der Waals surface area contributed by atoms with E-state index in [1.807, 2.05) is 17.5 Å². The number of benzene rings is 1. The van der Waals surface area contributed by atoms with Gasteiger partial charge in [-0.3, -0.25) is 4.79 Å². The van der Waals surface area contributed by atoms with E-state index in [4.69, 9.17) is 22.1 Å². The van der Waals surface area contributed by atoms with Gasteiger partial charge in [0, 0.05) is 10.9 Å². The number of nitrogens with zero attached hydrogens (tertiary/aromatic N) is 1. The molecule has 0 fully saturated rings. The second-order valence-electron chi connectivity index (χ2n) is 3.56. The number of ether oxygens (including phenoxy) is 1. The van der Waals surface area contributed by atoms with Crippen molar-refractivity contribution in [2.24, 2.45) is 5.73 Å². The quantitative estimate of drug-likeness (QED) is 0.857. The summed E-state index contributed by atoms with van der Waals surface area (Å²) < 4.78 is 5.17. The standard InChI is InChI=1S/C12H11ClN2O2S/c13-5-9-7-18-12(15-9)8-1-3-10(4-2-8)17-6-11(14)16/h1-4,7H,5-6H2,(H2,14,16). The first-order valence-electron chi connectivity index (χ1n) is 5.21. The molecular weight excluding hydrogens is 272 g/mol. The van der Waals surface area contributed by atoms with Crippen LogP contribution in [-0.4, -0.2) is 17.5 Å². The van der Waals surface area contributed by atoms with E-state index >= 15 is 0 Å². The third-order valence-corrected chi connectivity index (χ3v) is 3.39. The molecule has 94 valence electrons. The molecule has 2 aromatic rings. The second-order valence-corrected chi connectivity index (χ2v) is 4.68. The Morgan fingerprint density at radius 3 is 2.67 bits per heavy atom. The molecule has 1 amide bonds. The van der Waals surface area contributed by atoms with Crippen LogP contribution in [0.5, 0.6) is 5.75 Å². The van der Waals surface area contributed by atoms with Crippen LogP contribution in [0.2, 0.25) is 0 Å². The lowest BCUT2D eigenvalue weighted by Crippen LogP contribution is -2.19. The molecule has 0 aliphatic rings. The van der Waals surface area contributed by atoms with Gasteiger partial charge in [0.05, 0.1) is 11.6 Å². The van der Waals surface area contributed by atoms with Gasteiger partial charge >= 0.3 is 0 Å². The lowest BCUT2D eigenvalue weighted by Gasteiger charge is -2.03. The van der Waals surface area contributed by atoms with Crippen molar-refractivity contribution in [3.05, 3.63) is 35.3 Å². The fraction of sp³-hybridized carbons (Fsp3) is 0.167. The molecule has 0 bridgehead atoms. The first-order valence-corrected chi connectivity index (χ1v) is 6.62. The van der Waals surface area contributed by atoms with E-state index < -0.39 is 5.91 Å². The minimum Gasteiger partial charge on any atom is -0.484 e. The number of nitrogens with two attached hydrogens (primary N) is 1. The predicted octanol–water partition coefficient (Wildman–Crippen LogP) is 2.41. The minimum absolute atomic E-state index is 0.118. The lowest BCUT2D eigenvalue weighted by molar-refractivity contribution is -0.119. The van der Waals surface area contributed by atoms with Gasteiger partial charge in [-0.1, -0.05) is 0 Å². The molecule has 2 rings (SSSR count). The highest BCUT2D eigenvalue weighted by molar-refractivity contribution is 7.13. The van der Waals surface area contributed by atoms with E-state index in [2.05, 4.69) is 4.98 Å². The molecule has 0 spiro atoms. The number of carbonyl (C=O) groups excluding carboxylic acids is 1. The van der Waals surface area contributed by atoms with Crippen LogP contribution >= 0.6 is 22.9 Å². The molecule has 1 heterocycles. The van der Waals surface area contributed by atoms with Crippen molar-refractivity contribution >= 4 is 28.8 Å². The molecule has 4 nitrogen and oxygen atoms in total. The molecule has 0 aliphatic heterocycles. The molecule has 0 saturated carbocycles. The Morgan fingerprint density at radius 1 is 1.39 bits per heavy atom. The number of aromatic nitrogens is 1. The van der Waals surface area contributed by atoms with E-state index in [-0.39, 0.29) is 6.61 Å². The highest BCUT2D eigenvalue weighted by Gasteiger charge is 2.04. The number of hydrogen-bond acceptors (Lipinski definition) is 4. The highest BCUT2D eigenvalue weighted by Crippen LogP contribution is 2.26. The van der Waals surface area contributed by atoms with E-state index in [0.717, 1.165) is 16.3 Å². The van der Waals surface area contributed by atoms with Gasteiger partial charge in [-0.15, -0.1) is 22.9 Å². The molecule has 2 N–H and O–H groups in total. The maximum absolute atomic E-state index is 10.6. The Kier molecular flexibility index (Phi) is 4.17. The summed E-state index contributed by atoms with van der Waals surface area (Å²) in [7, 11) is 0. The average Bonchev–Trinajstić information content (AvgIpc) is 2.85. The fourth-order valence-corrected chi connectivity index (χ4v) is 2.40. The summed E-state index contributed by atoms with van der Waals surface area (Å²) >= 11 is 7.25. The van der Waals surface area contributed by atoms with Crippen LogP contribution in [-0.2, 0) is 10.7 Å². The molecule has 0 aliphatic carbocycles. The Balaban J connectivity index is 2.09. The van der Waals surface area contributed by atoms with E-state index in [0.29, 0.717) is 11.6 Å². The summed E-state index contributed by atoms with van der Waals surface area (Å²) in [6, 6.07) is 7.32. The number of carbonyl (C=O) groups is 1. The van der Waals surface area contributed by atoms with Crippen molar-refractivity contribution in [2.75, 3.05) is 6.61 Å². The van der Waals surface area contributed by atoms with Gasteiger partial charge in [0.25, 0.3) is 5.91 Å². The third-order valence-electron chi connectivity index (χ3n) is 2.17. The Labute approximate surface area is 113 Å². The van der Waals surface area contributed by atoms with Crippen molar-refractivity contribution in [3.8, 4) is 16.3 Å². The maximum Gasteiger partial charge on any atom is 0.255 e. The predicted molar refractivity (Wildman–Crippen MR) is 71.8 cm³/mol. The van der Waals surface area contributed by atoms with Gasteiger partial charge in [0.15, 0.2) is 6.61 Å². The Morgan fingerprint density at radius 2 is 2.11 bits per heavy atom. The number of hydrogen-bond donors (Lipinski definition) is 1. The average molecular weight is 283 g/mol. The zero-order valence-corrected chi connectivity index (χ0v) is 11.0. The van der Waals surface area contributed by atoms with Crippen LogP contribution in [0.3, 0.4) is 0 Å². The smallest absolute Gasteiger partial charge is 0.255 e. The van der Waals surface area contributed by atoms with E-state index in [1.54, 1.807) is 23.5 Å². The molecule has 18 heavy (non-hydrogen) atoms. The second kappa shape index (κ2) is 5.84.